The van der Waals surface area contributed by atoms with Crippen molar-refractivity contribution in [1.29, 1.82) is 0 Å². The van der Waals surface area contributed by atoms with Crippen LogP contribution in [0.1, 0.15) is 47.7 Å². The molecule has 0 radical (unpaired) electrons. The summed E-state index contributed by atoms with van der Waals surface area (Å²) >= 11 is 1.99. The zero-order valence-corrected chi connectivity index (χ0v) is 17.9. The first-order chi connectivity index (χ1) is 14.2. The van der Waals surface area contributed by atoms with E-state index in [4.69, 9.17) is 4.74 Å². The summed E-state index contributed by atoms with van der Waals surface area (Å²) in [6.45, 7) is 7.24. The van der Waals surface area contributed by atoms with Gasteiger partial charge in [-0.1, -0.05) is 12.1 Å². The molecule has 0 bridgehead atoms. The highest BCUT2D eigenvalue weighted by Crippen LogP contribution is 2.46. The van der Waals surface area contributed by atoms with Crippen molar-refractivity contribution in [2.24, 2.45) is 0 Å². The molecule has 7 heteroatoms. The van der Waals surface area contributed by atoms with Crippen molar-refractivity contribution in [2.45, 2.75) is 57.7 Å². The largest absolute Gasteiger partial charge is 0.370 e. The number of nitrogens with zero attached hydrogens (tertiary/aromatic N) is 5. The maximum atomic E-state index is 6.46. The number of aromatic nitrogens is 4. The van der Waals surface area contributed by atoms with E-state index in [0.717, 1.165) is 56.8 Å². The monoisotopic (exact) mass is 409 g/mol. The van der Waals surface area contributed by atoms with Crippen LogP contribution in [-0.2, 0) is 29.7 Å². The zero-order chi connectivity index (χ0) is 19.8. The third-order valence-corrected chi connectivity index (χ3v) is 7.61. The van der Waals surface area contributed by atoms with E-state index in [1.807, 2.05) is 29.7 Å². The normalized spacial score (nSPS) is 24.7. The van der Waals surface area contributed by atoms with Gasteiger partial charge >= 0.3 is 0 Å². The van der Waals surface area contributed by atoms with Gasteiger partial charge in [-0.3, -0.25) is 9.88 Å². The van der Waals surface area contributed by atoms with Gasteiger partial charge in [0.25, 0.3) is 0 Å². The molecule has 0 aromatic carbocycles. The highest BCUT2D eigenvalue weighted by atomic mass is 32.1. The van der Waals surface area contributed by atoms with Gasteiger partial charge in [0.05, 0.1) is 36.0 Å². The van der Waals surface area contributed by atoms with Crippen molar-refractivity contribution in [1.82, 2.24) is 24.9 Å². The van der Waals surface area contributed by atoms with Gasteiger partial charge < -0.3 is 4.74 Å². The number of hydrogen-bond donors (Lipinski definition) is 0. The fraction of sp³-hybridized carbons (Fsp3) is 0.500. The molecule has 1 spiro atoms. The minimum atomic E-state index is -0.0965. The van der Waals surface area contributed by atoms with E-state index in [2.05, 4.69) is 40.1 Å². The number of rotatable bonds is 4. The maximum Gasteiger partial charge on any atom is 0.0971 e. The van der Waals surface area contributed by atoms with Crippen LogP contribution in [0.25, 0.3) is 5.69 Å². The fourth-order valence-electron chi connectivity index (χ4n) is 4.70. The summed E-state index contributed by atoms with van der Waals surface area (Å²) < 4.78 is 8.26. The molecular weight excluding hydrogens is 382 g/mol. The van der Waals surface area contributed by atoms with Crippen molar-refractivity contribution >= 4 is 11.3 Å². The van der Waals surface area contributed by atoms with E-state index in [-0.39, 0.29) is 5.60 Å². The lowest BCUT2D eigenvalue weighted by molar-refractivity contribution is -0.112. The Bertz CT molecular complexity index is 984. The average molecular weight is 410 g/mol. The fourth-order valence-corrected chi connectivity index (χ4v) is 5.88. The van der Waals surface area contributed by atoms with E-state index < -0.39 is 0 Å². The highest BCUT2D eigenvalue weighted by molar-refractivity contribution is 7.12. The average Bonchev–Trinajstić information content (AvgIpc) is 3.39. The van der Waals surface area contributed by atoms with Crippen molar-refractivity contribution in [3.05, 3.63) is 57.8 Å². The van der Waals surface area contributed by atoms with Crippen molar-refractivity contribution < 1.29 is 4.74 Å². The van der Waals surface area contributed by atoms with Gasteiger partial charge in [-0.05, 0) is 49.9 Å². The standard InChI is InChI=1S/C22H27N5OS/c1-3-19-11-20-21(29-19)6-10-28-22(20)7-9-26(16(2)12-22)14-17-15-27(25-24-17)18-5-4-8-23-13-18/h4-5,8,11,13,15-16H,3,6-7,9-10,12,14H2,1-2H3/t16-,22+/m0/s1. The molecule has 0 saturated carbocycles. The summed E-state index contributed by atoms with van der Waals surface area (Å²) in [7, 11) is 0. The van der Waals surface area contributed by atoms with Crippen LogP contribution in [-0.4, -0.2) is 44.1 Å². The summed E-state index contributed by atoms with van der Waals surface area (Å²) in [5.41, 5.74) is 3.30. The number of ether oxygens (including phenoxy) is 1. The van der Waals surface area contributed by atoms with E-state index >= 15 is 0 Å². The summed E-state index contributed by atoms with van der Waals surface area (Å²) in [6.07, 6.45) is 9.84. The lowest BCUT2D eigenvalue weighted by Gasteiger charge is -2.47. The molecule has 29 heavy (non-hydrogen) atoms. The molecule has 3 aromatic rings. The number of aryl methyl sites for hydroxylation is 1. The van der Waals surface area contributed by atoms with Crippen molar-refractivity contribution in [3.8, 4) is 5.69 Å². The summed E-state index contributed by atoms with van der Waals surface area (Å²) in [6, 6.07) is 6.75. The first-order valence-corrected chi connectivity index (χ1v) is 11.3. The molecular formula is C22H27N5OS. The Morgan fingerprint density at radius 3 is 3.10 bits per heavy atom. The van der Waals surface area contributed by atoms with Crippen molar-refractivity contribution in [2.75, 3.05) is 13.2 Å². The van der Waals surface area contributed by atoms with E-state index in [1.54, 1.807) is 22.0 Å². The predicted octanol–water partition coefficient (Wildman–Crippen LogP) is 3.74. The molecule has 152 valence electrons. The molecule has 1 saturated heterocycles. The van der Waals surface area contributed by atoms with Gasteiger partial charge in [-0.25, -0.2) is 4.68 Å². The summed E-state index contributed by atoms with van der Waals surface area (Å²) in [4.78, 5) is 9.71. The van der Waals surface area contributed by atoms with Crippen LogP contribution >= 0.6 is 11.3 Å². The lowest BCUT2D eigenvalue weighted by Crippen LogP contribution is -2.50. The number of thiophene rings is 1. The second kappa shape index (κ2) is 7.63. The maximum absolute atomic E-state index is 6.46. The third-order valence-electron chi connectivity index (χ3n) is 6.27. The molecule has 3 aromatic heterocycles. The van der Waals surface area contributed by atoms with Crippen LogP contribution in [0.5, 0.6) is 0 Å². The molecule has 0 unspecified atom stereocenters. The molecule has 0 amide bonds. The van der Waals surface area contributed by atoms with E-state index in [1.165, 1.54) is 10.4 Å². The van der Waals surface area contributed by atoms with Gasteiger partial charge in [-0.15, -0.1) is 16.4 Å². The molecule has 2 aliphatic rings. The van der Waals surface area contributed by atoms with Crippen molar-refractivity contribution in [3.63, 3.8) is 0 Å². The lowest BCUT2D eigenvalue weighted by atomic mass is 9.79. The topological polar surface area (TPSA) is 56.1 Å². The van der Waals surface area contributed by atoms with Crippen LogP contribution in [0.3, 0.4) is 0 Å². The smallest absolute Gasteiger partial charge is 0.0971 e. The number of pyridine rings is 1. The molecule has 0 N–H and O–H groups in total. The Morgan fingerprint density at radius 1 is 1.38 bits per heavy atom. The van der Waals surface area contributed by atoms with Gasteiger partial charge in [0.2, 0.25) is 0 Å². The minimum Gasteiger partial charge on any atom is -0.370 e. The Morgan fingerprint density at radius 2 is 2.31 bits per heavy atom. The SMILES string of the molecule is CCc1cc2c(s1)CCO[C@@]21CCN(Cc2cn(-c3cccnc3)nn2)[C@@H](C)C1. The molecule has 0 aliphatic carbocycles. The Hall–Kier alpha value is -2.09. The van der Waals surface area contributed by atoms with Crippen LogP contribution in [0.15, 0.2) is 36.8 Å². The first-order valence-electron chi connectivity index (χ1n) is 10.5. The molecule has 1 fully saturated rings. The molecule has 5 rings (SSSR count). The van der Waals surface area contributed by atoms with E-state index in [0.29, 0.717) is 6.04 Å². The zero-order valence-electron chi connectivity index (χ0n) is 17.0. The predicted molar refractivity (Wildman–Crippen MR) is 113 cm³/mol. The second-order valence-electron chi connectivity index (χ2n) is 8.14. The first kappa shape index (κ1) is 18.9. The van der Waals surface area contributed by atoms with E-state index in [9.17, 15) is 0 Å². The minimum absolute atomic E-state index is 0.0965. The number of piperidine rings is 1. The number of likely N-dealkylation sites (tertiary alicyclic amines) is 1. The Labute approximate surface area is 175 Å². The number of hydrogen-bond acceptors (Lipinski definition) is 6. The Kier molecular flexibility index (Phi) is 4.97. The summed E-state index contributed by atoms with van der Waals surface area (Å²) in [5.74, 6) is 0. The van der Waals surface area contributed by atoms with Gasteiger partial charge in [0.15, 0.2) is 0 Å². The summed E-state index contributed by atoms with van der Waals surface area (Å²) in [5, 5.41) is 8.67. The molecule has 6 nitrogen and oxygen atoms in total. The van der Waals surface area contributed by atoms with Gasteiger partial charge in [0, 0.05) is 41.5 Å². The quantitative estimate of drug-likeness (QED) is 0.657. The van der Waals surface area contributed by atoms with Crippen LogP contribution < -0.4 is 0 Å². The molecule has 5 heterocycles. The van der Waals surface area contributed by atoms with Gasteiger partial charge in [0.1, 0.15) is 0 Å². The van der Waals surface area contributed by atoms with Crippen LogP contribution in [0.4, 0.5) is 0 Å². The second-order valence-corrected chi connectivity index (χ2v) is 9.36. The van der Waals surface area contributed by atoms with Crippen LogP contribution in [0.2, 0.25) is 0 Å². The van der Waals surface area contributed by atoms with Crippen LogP contribution in [0, 0.1) is 0 Å². The highest BCUT2D eigenvalue weighted by Gasteiger charge is 2.44. The molecule has 2 atom stereocenters. The van der Waals surface area contributed by atoms with Gasteiger partial charge in [-0.2, -0.15) is 0 Å². The molecule has 2 aliphatic heterocycles. The third kappa shape index (κ3) is 3.52. The number of fused-ring (bicyclic) bond motifs is 2. The Balaban J connectivity index is 1.30.